The van der Waals surface area contributed by atoms with Crippen molar-refractivity contribution in [2.45, 2.75) is 0 Å². The van der Waals surface area contributed by atoms with Gasteiger partial charge in [-0.2, -0.15) is 0 Å². The standard InChI is InChI=1S/2C62H39N5O/c1-6-19-40(20-7-1)44-33-45(41-21-8-2-9-22-41)35-46(34-44)47-36-53(62-65-60(42-23-10-3-11-24-42)64-61(66-62)43-25-12-4-13-26-43)59(63-39-47)50-30-18-32-56-58(50)52-37-51-49-29-16-17-31-54(49)67(48-27-14-5-15-28-48)55(51)38-57(52)68-56;1-6-18-40(19-7-1)45-32-46(41-20-8-2-9-21-41)34-47(33-45)48-36-54(62-65-60(42-22-10-3-11-23-42)64-61(66-62)43-24-12-4-13-25-43)59(63-39-48)44-30-31-57-52(35-44)53-37-51-50-28-16-17-29-55(50)67(49-26-14-5-15-27-49)56(51)38-58(53)68-57/h2*1-39H. The van der Waals surface area contributed by atoms with E-state index in [1.54, 1.807) is 0 Å². The molecule has 636 valence electrons. The van der Waals surface area contributed by atoms with E-state index in [0.29, 0.717) is 34.9 Å². The zero-order chi connectivity index (χ0) is 89.9. The van der Waals surface area contributed by atoms with Gasteiger partial charge in [-0.05, 0) is 177 Å². The lowest BCUT2D eigenvalue weighted by atomic mass is 9.92. The van der Waals surface area contributed by atoms with E-state index in [1.807, 2.05) is 146 Å². The molecule has 8 heterocycles. The Balaban J connectivity index is 0.000000145. The average Bonchev–Trinajstić information content (AvgIpc) is 1.55. The second kappa shape index (κ2) is 34.1. The maximum atomic E-state index is 6.83. The van der Waals surface area contributed by atoms with Crippen LogP contribution in [0.15, 0.2) is 482 Å². The number of aromatic nitrogens is 10. The van der Waals surface area contributed by atoms with Crippen molar-refractivity contribution in [3.8, 4) is 169 Å². The minimum Gasteiger partial charge on any atom is -0.456 e. The Morgan fingerprint density at radius 1 is 0.162 bits per heavy atom. The summed E-state index contributed by atoms with van der Waals surface area (Å²) >= 11 is 0. The number of hydrogen-bond acceptors (Lipinski definition) is 10. The highest BCUT2D eigenvalue weighted by atomic mass is 16.3. The van der Waals surface area contributed by atoms with Gasteiger partial charge >= 0.3 is 0 Å². The van der Waals surface area contributed by atoms with Gasteiger partial charge in [0, 0.05) is 135 Å². The first-order valence-corrected chi connectivity index (χ1v) is 45.6. The number of rotatable bonds is 16. The fourth-order valence-electron chi connectivity index (χ4n) is 19.2. The fourth-order valence-corrected chi connectivity index (χ4v) is 19.2. The van der Waals surface area contributed by atoms with Crippen molar-refractivity contribution in [2.75, 3.05) is 0 Å². The summed E-state index contributed by atoms with van der Waals surface area (Å²) < 4.78 is 18.2. The average molecular weight is 1740 g/mol. The first-order chi connectivity index (χ1) is 67.4. The van der Waals surface area contributed by atoms with E-state index in [9.17, 15) is 0 Å². The highest BCUT2D eigenvalue weighted by Crippen LogP contribution is 2.48. The van der Waals surface area contributed by atoms with E-state index < -0.39 is 0 Å². The van der Waals surface area contributed by atoms with Crippen molar-refractivity contribution in [1.29, 1.82) is 0 Å². The zero-order valence-corrected chi connectivity index (χ0v) is 73.3. The number of hydrogen-bond donors (Lipinski definition) is 0. The molecule has 0 radical (unpaired) electrons. The summed E-state index contributed by atoms with van der Waals surface area (Å²) in [4.78, 5) is 42.1. The molecule has 0 saturated heterocycles. The summed E-state index contributed by atoms with van der Waals surface area (Å²) in [7, 11) is 0. The van der Waals surface area contributed by atoms with Crippen LogP contribution in [0, 0.1) is 0 Å². The minimum absolute atomic E-state index is 0.516. The summed E-state index contributed by atoms with van der Waals surface area (Å²) in [5.74, 6) is 3.36. The van der Waals surface area contributed by atoms with Crippen LogP contribution in [0.1, 0.15) is 0 Å². The van der Waals surface area contributed by atoms with Gasteiger partial charge in [0.25, 0.3) is 0 Å². The van der Waals surface area contributed by atoms with Crippen LogP contribution in [-0.2, 0) is 0 Å². The highest BCUT2D eigenvalue weighted by Gasteiger charge is 2.27. The van der Waals surface area contributed by atoms with Crippen LogP contribution in [0.2, 0.25) is 0 Å². The lowest BCUT2D eigenvalue weighted by Gasteiger charge is -2.15. The van der Waals surface area contributed by atoms with Gasteiger partial charge in [0.15, 0.2) is 34.9 Å². The molecule has 8 aromatic heterocycles. The molecular weight excluding hydrogens is 1660 g/mol. The van der Waals surface area contributed by atoms with Crippen LogP contribution in [0.5, 0.6) is 0 Å². The predicted molar refractivity (Wildman–Crippen MR) is 555 cm³/mol. The van der Waals surface area contributed by atoms with Crippen molar-refractivity contribution in [2.24, 2.45) is 0 Å². The second-order valence-electron chi connectivity index (χ2n) is 34.1. The normalized spacial score (nSPS) is 11.5. The molecule has 0 aliphatic carbocycles. The molecule has 0 fully saturated rings. The number of benzene rings is 18. The lowest BCUT2D eigenvalue weighted by molar-refractivity contribution is 0.669. The quantitative estimate of drug-likeness (QED) is 0.0918. The minimum atomic E-state index is 0.516. The van der Waals surface area contributed by atoms with Crippen LogP contribution in [0.4, 0.5) is 0 Å². The molecule has 0 atom stereocenters. The monoisotopic (exact) mass is 1740 g/mol. The van der Waals surface area contributed by atoms with Gasteiger partial charge in [0.1, 0.15) is 22.3 Å². The Bertz CT molecular complexity index is 8820. The first-order valence-electron chi connectivity index (χ1n) is 45.6. The molecule has 0 bridgehead atoms. The van der Waals surface area contributed by atoms with E-state index in [4.69, 9.17) is 48.7 Å². The van der Waals surface area contributed by atoms with E-state index in [0.717, 1.165) is 211 Å². The molecule has 26 aromatic rings. The number of para-hydroxylation sites is 4. The molecule has 0 N–H and O–H groups in total. The third-order valence-electron chi connectivity index (χ3n) is 25.7. The van der Waals surface area contributed by atoms with Crippen molar-refractivity contribution in [1.82, 2.24) is 49.0 Å². The number of pyridine rings is 2. The Morgan fingerprint density at radius 2 is 0.478 bits per heavy atom. The number of furan rings is 2. The molecule has 0 saturated carbocycles. The largest absolute Gasteiger partial charge is 0.456 e. The highest BCUT2D eigenvalue weighted by molar-refractivity contribution is 6.21. The Labute approximate surface area is 782 Å². The molecule has 12 nitrogen and oxygen atoms in total. The SMILES string of the molecule is c1ccc(-c2cc(-c3ccccc3)cc(-c3cnc(-c4ccc5oc6cc7c(cc6c5c4)c4ccccc4n7-c4ccccc4)c(-c4nc(-c5ccccc5)nc(-c5ccccc5)n4)c3)c2)cc1.c1ccc(-c2cc(-c3ccccc3)cc(-c3cnc(-c4cccc5oc6cc7c(cc6c45)c4ccccc4n7-c4ccccc4)c(-c4nc(-c5ccccc5)nc(-c5ccccc5)n4)c3)c2)cc1. The molecule has 26 rings (SSSR count). The van der Waals surface area contributed by atoms with E-state index in [2.05, 4.69) is 337 Å². The Kier molecular flexibility index (Phi) is 20.0. The van der Waals surface area contributed by atoms with Crippen LogP contribution < -0.4 is 0 Å². The van der Waals surface area contributed by atoms with Gasteiger partial charge in [-0.1, -0.05) is 328 Å². The summed E-state index contributed by atoms with van der Waals surface area (Å²) in [5, 5.41) is 8.67. The molecule has 18 aromatic carbocycles. The summed E-state index contributed by atoms with van der Waals surface area (Å²) in [5.41, 5.74) is 31.2. The van der Waals surface area contributed by atoms with Crippen LogP contribution in [-0.4, -0.2) is 49.0 Å². The molecule has 136 heavy (non-hydrogen) atoms. The Morgan fingerprint density at radius 3 is 0.882 bits per heavy atom. The molecule has 0 amide bonds. The zero-order valence-electron chi connectivity index (χ0n) is 73.3. The molecule has 0 aliphatic heterocycles. The van der Waals surface area contributed by atoms with Crippen LogP contribution in [0.3, 0.4) is 0 Å². The van der Waals surface area contributed by atoms with E-state index in [-0.39, 0.29) is 0 Å². The van der Waals surface area contributed by atoms with Crippen LogP contribution >= 0.6 is 0 Å². The fraction of sp³-hybridized carbons (Fsp3) is 0. The van der Waals surface area contributed by atoms with Gasteiger partial charge in [-0.3, -0.25) is 9.97 Å². The maximum absolute atomic E-state index is 6.83. The topological polar surface area (TPSA) is 139 Å². The van der Waals surface area contributed by atoms with Crippen LogP contribution in [0.25, 0.3) is 256 Å². The smallest absolute Gasteiger partial charge is 0.166 e. The van der Waals surface area contributed by atoms with Gasteiger partial charge < -0.3 is 18.0 Å². The molecule has 0 aliphatic rings. The van der Waals surface area contributed by atoms with E-state index in [1.165, 1.54) is 10.8 Å². The van der Waals surface area contributed by atoms with Gasteiger partial charge in [-0.15, -0.1) is 0 Å². The lowest BCUT2D eigenvalue weighted by Crippen LogP contribution is -2.02. The second-order valence-corrected chi connectivity index (χ2v) is 34.1. The third-order valence-corrected chi connectivity index (χ3v) is 25.7. The van der Waals surface area contributed by atoms with Crippen molar-refractivity contribution < 1.29 is 8.83 Å². The predicted octanol–water partition coefficient (Wildman–Crippen LogP) is 31.9. The summed E-state index contributed by atoms with van der Waals surface area (Å²) in [6, 6.07) is 160. The molecule has 12 heteroatoms. The first kappa shape index (κ1) is 79.6. The summed E-state index contributed by atoms with van der Waals surface area (Å²) in [6.07, 6.45) is 3.97. The Hall–Kier alpha value is -18.5. The molecular formula is C124H78N10O2. The maximum Gasteiger partial charge on any atom is 0.166 e. The van der Waals surface area contributed by atoms with E-state index >= 15 is 0 Å². The number of fused-ring (bicyclic) bond motifs is 12. The number of nitrogens with zero attached hydrogens (tertiary/aromatic N) is 10. The summed E-state index contributed by atoms with van der Waals surface area (Å²) in [6.45, 7) is 0. The van der Waals surface area contributed by atoms with Crippen molar-refractivity contribution in [3.05, 3.63) is 473 Å². The third kappa shape index (κ3) is 14.7. The van der Waals surface area contributed by atoms with Gasteiger partial charge in [0.05, 0.1) is 33.5 Å². The van der Waals surface area contributed by atoms with Gasteiger partial charge in [-0.25, -0.2) is 29.9 Å². The molecule has 0 spiro atoms. The van der Waals surface area contributed by atoms with Crippen molar-refractivity contribution >= 4 is 87.5 Å². The van der Waals surface area contributed by atoms with Crippen molar-refractivity contribution in [3.63, 3.8) is 0 Å². The molecule has 0 unspecified atom stereocenters. The van der Waals surface area contributed by atoms with Gasteiger partial charge in [0.2, 0.25) is 0 Å².